The summed E-state index contributed by atoms with van der Waals surface area (Å²) in [5.41, 5.74) is 0.972. The first kappa shape index (κ1) is 25.4. The van der Waals surface area contributed by atoms with E-state index in [9.17, 15) is 14.9 Å². The number of aromatic nitrogens is 1. The van der Waals surface area contributed by atoms with E-state index in [1.807, 2.05) is 26.8 Å². The number of carbonyl (C=O) groups excluding carboxylic acids is 1. The number of nitrogens with zero attached hydrogens (tertiary/aromatic N) is 4. The number of rotatable bonds is 7. The van der Waals surface area contributed by atoms with Crippen molar-refractivity contribution in [3.05, 3.63) is 31.9 Å². The van der Waals surface area contributed by atoms with Crippen LogP contribution in [0.1, 0.15) is 43.9 Å². The second-order valence-corrected chi connectivity index (χ2v) is 9.94. The fourth-order valence-electron chi connectivity index (χ4n) is 4.24. The van der Waals surface area contributed by atoms with Crippen LogP contribution in [0.15, 0.2) is 9.70 Å². The van der Waals surface area contributed by atoms with E-state index in [2.05, 4.69) is 4.90 Å². The molecule has 3 rings (SSSR count). The molecule has 0 aromatic carbocycles. The lowest BCUT2D eigenvalue weighted by atomic mass is 10.0. The number of hydrogen-bond acceptors (Lipinski definition) is 8. The third-order valence-corrected chi connectivity index (χ3v) is 7.09. The molecule has 2 saturated heterocycles. The summed E-state index contributed by atoms with van der Waals surface area (Å²) in [5, 5.41) is 9.64. The van der Waals surface area contributed by atoms with Crippen molar-refractivity contribution in [2.75, 3.05) is 37.7 Å². The molecule has 2 fully saturated rings. The lowest BCUT2D eigenvalue weighted by Crippen LogP contribution is -2.47. The number of amides is 1. The van der Waals surface area contributed by atoms with E-state index in [4.69, 9.17) is 21.7 Å². The topological polar surface area (TPSA) is 87.8 Å². The summed E-state index contributed by atoms with van der Waals surface area (Å²) in [6.07, 6.45) is 2.43. The minimum absolute atomic E-state index is 0.0174. The Kier molecular flexibility index (Phi) is 8.34. The van der Waals surface area contributed by atoms with Crippen molar-refractivity contribution in [1.29, 1.82) is 5.26 Å². The summed E-state index contributed by atoms with van der Waals surface area (Å²) in [6.45, 7) is 10.6. The number of anilines is 1. The molecule has 1 aromatic rings. The van der Waals surface area contributed by atoms with Crippen LogP contribution in [-0.2, 0) is 21.3 Å². The number of nitriles is 1. The number of ether oxygens (including phenoxy) is 2. The van der Waals surface area contributed by atoms with Crippen LogP contribution in [0.4, 0.5) is 5.82 Å². The molecule has 178 valence electrons. The predicted molar refractivity (Wildman–Crippen MR) is 134 cm³/mol. The highest BCUT2D eigenvalue weighted by Crippen LogP contribution is 2.36. The summed E-state index contributed by atoms with van der Waals surface area (Å²) in [5.74, 6) is 0.517. The molecule has 0 N–H and O–H groups in total. The Bertz CT molecular complexity index is 1070. The number of morpholine rings is 1. The summed E-state index contributed by atoms with van der Waals surface area (Å²) in [6, 6.07) is 2.04. The molecule has 8 nitrogen and oxygen atoms in total. The van der Waals surface area contributed by atoms with E-state index in [0.29, 0.717) is 65.4 Å². The van der Waals surface area contributed by atoms with Crippen molar-refractivity contribution < 1.29 is 14.3 Å². The number of thiocarbonyl (C=S) groups is 1. The molecule has 0 bridgehead atoms. The Morgan fingerprint density at radius 2 is 1.97 bits per heavy atom. The molecular formula is C23H30N4O4S2. The Morgan fingerprint density at radius 1 is 1.30 bits per heavy atom. The van der Waals surface area contributed by atoms with E-state index < -0.39 is 0 Å². The minimum atomic E-state index is -0.350. The maximum Gasteiger partial charge on any atom is 0.270 e. The average molecular weight is 491 g/mol. The van der Waals surface area contributed by atoms with Crippen LogP contribution in [0.25, 0.3) is 6.08 Å². The molecule has 10 heteroatoms. The van der Waals surface area contributed by atoms with Gasteiger partial charge in [-0.2, -0.15) is 5.26 Å². The zero-order valence-corrected chi connectivity index (χ0v) is 21.3. The second-order valence-electron chi connectivity index (χ2n) is 8.26. The molecular weight excluding hydrogens is 460 g/mol. The van der Waals surface area contributed by atoms with Gasteiger partial charge in [0.05, 0.1) is 17.1 Å². The van der Waals surface area contributed by atoms with Crippen molar-refractivity contribution in [1.82, 2.24) is 9.47 Å². The molecule has 1 aromatic heterocycles. The smallest absolute Gasteiger partial charge is 0.270 e. The van der Waals surface area contributed by atoms with Crippen LogP contribution in [0.3, 0.4) is 0 Å². The van der Waals surface area contributed by atoms with Gasteiger partial charge in [0.2, 0.25) is 0 Å². The molecule has 2 unspecified atom stereocenters. The molecule has 2 atom stereocenters. The van der Waals surface area contributed by atoms with E-state index >= 15 is 0 Å². The molecule has 3 heterocycles. The molecule has 0 aliphatic carbocycles. The fraction of sp³-hybridized carbons (Fsp3) is 0.565. The van der Waals surface area contributed by atoms with Gasteiger partial charge in [-0.1, -0.05) is 24.0 Å². The highest BCUT2D eigenvalue weighted by atomic mass is 32.2. The second kappa shape index (κ2) is 10.8. The highest BCUT2D eigenvalue weighted by molar-refractivity contribution is 8.26. The Balaban J connectivity index is 2.05. The molecule has 2 aliphatic heterocycles. The molecule has 1 amide bonds. The molecule has 0 saturated carbocycles. The summed E-state index contributed by atoms with van der Waals surface area (Å²) in [4.78, 5) is 30.2. The van der Waals surface area contributed by atoms with E-state index in [1.165, 1.54) is 16.3 Å². The highest BCUT2D eigenvalue weighted by Gasteiger charge is 2.33. The molecule has 33 heavy (non-hydrogen) atoms. The van der Waals surface area contributed by atoms with Gasteiger partial charge in [0.25, 0.3) is 11.5 Å². The van der Waals surface area contributed by atoms with Gasteiger partial charge in [-0.15, -0.1) is 0 Å². The normalized spacial score (nSPS) is 22.4. The van der Waals surface area contributed by atoms with E-state index in [1.54, 1.807) is 24.9 Å². The molecule has 2 aliphatic rings. The standard InChI is InChI=1S/C23H30N4O4S2/c1-6-30-9-7-8-27-22(29)19(33-23(27)32)10-17-16(4)18(11-24)21(28)25(5)20(17)26-12-14(2)31-15(3)13-26/h10,14-15H,6-9,12-13H2,1-5H3/b19-10-. The zero-order chi connectivity index (χ0) is 24.3. The van der Waals surface area contributed by atoms with Crippen molar-refractivity contribution in [3.8, 4) is 6.07 Å². The third-order valence-electron chi connectivity index (χ3n) is 5.71. The van der Waals surface area contributed by atoms with Gasteiger partial charge < -0.3 is 14.4 Å². The van der Waals surface area contributed by atoms with Gasteiger partial charge in [-0.05, 0) is 45.8 Å². The van der Waals surface area contributed by atoms with Crippen LogP contribution in [0.5, 0.6) is 0 Å². The first-order chi connectivity index (χ1) is 15.7. The summed E-state index contributed by atoms with van der Waals surface area (Å²) < 4.78 is 13.2. The minimum Gasteiger partial charge on any atom is -0.382 e. The summed E-state index contributed by atoms with van der Waals surface area (Å²) >= 11 is 6.70. The first-order valence-corrected chi connectivity index (χ1v) is 12.3. The van der Waals surface area contributed by atoms with Gasteiger partial charge in [0, 0.05) is 45.5 Å². The van der Waals surface area contributed by atoms with E-state index in [-0.39, 0.29) is 29.2 Å². The maximum atomic E-state index is 13.1. The predicted octanol–water partition coefficient (Wildman–Crippen LogP) is 2.81. The Labute approximate surface area is 204 Å². The fourth-order valence-corrected chi connectivity index (χ4v) is 5.53. The van der Waals surface area contributed by atoms with Crippen LogP contribution in [0.2, 0.25) is 0 Å². The summed E-state index contributed by atoms with van der Waals surface area (Å²) in [7, 11) is 1.67. The third kappa shape index (κ3) is 5.32. The van der Waals surface area contributed by atoms with Gasteiger partial charge in [-0.25, -0.2) is 0 Å². The van der Waals surface area contributed by atoms with Crippen molar-refractivity contribution in [2.45, 2.75) is 46.3 Å². The number of carbonyl (C=O) groups is 1. The van der Waals surface area contributed by atoms with Crippen molar-refractivity contribution in [2.24, 2.45) is 7.05 Å². The van der Waals surface area contributed by atoms with Crippen LogP contribution in [0, 0.1) is 18.3 Å². The number of pyridine rings is 1. The monoisotopic (exact) mass is 490 g/mol. The van der Waals surface area contributed by atoms with Gasteiger partial charge in [-0.3, -0.25) is 19.1 Å². The van der Waals surface area contributed by atoms with Crippen molar-refractivity contribution >= 4 is 46.1 Å². The lowest BCUT2D eigenvalue weighted by Gasteiger charge is -2.38. The van der Waals surface area contributed by atoms with E-state index in [0.717, 1.165) is 0 Å². The maximum absolute atomic E-state index is 13.1. The Hall–Kier alpha value is -2.19. The van der Waals surface area contributed by atoms with Gasteiger partial charge >= 0.3 is 0 Å². The largest absolute Gasteiger partial charge is 0.382 e. The zero-order valence-electron chi connectivity index (χ0n) is 19.7. The van der Waals surface area contributed by atoms with Crippen LogP contribution < -0.4 is 10.5 Å². The van der Waals surface area contributed by atoms with Crippen molar-refractivity contribution in [3.63, 3.8) is 0 Å². The Morgan fingerprint density at radius 3 is 2.58 bits per heavy atom. The average Bonchev–Trinajstić information content (AvgIpc) is 3.02. The van der Waals surface area contributed by atoms with Crippen LogP contribution in [-0.4, -0.2) is 64.8 Å². The van der Waals surface area contributed by atoms with Gasteiger partial charge in [0.1, 0.15) is 21.8 Å². The first-order valence-electron chi connectivity index (χ1n) is 11.1. The molecule has 0 spiro atoms. The number of thioether (sulfide) groups is 1. The van der Waals surface area contributed by atoms with Gasteiger partial charge in [0.15, 0.2) is 0 Å². The number of hydrogen-bond donors (Lipinski definition) is 0. The van der Waals surface area contributed by atoms with Crippen LogP contribution >= 0.6 is 24.0 Å². The molecule has 0 radical (unpaired) electrons. The SMILES string of the molecule is CCOCCCN1C(=O)/C(=C/c2c(C)c(C#N)c(=O)n(C)c2N2CC(C)OC(C)C2)SC1=S. The quantitative estimate of drug-likeness (QED) is 0.328. The lowest BCUT2D eigenvalue weighted by molar-refractivity contribution is -0.122.